The molecule has 0 saturated carbocycles. The Bertz CT molecular complexity index is 403. The fourth-order valence-electron chi connectivity index (χ4n) is 1.09. The average molecular weight is 196 g/mol. The monoisotopic (exact) mass is 195 g/mol. The van der Waals surface area contributed by atoms with Crippen molar-refractivity contribution in [3.05, 3.63) is 36.2 Å². The maximum atomic E-state index is 5.44. The number of para-hydroxylation sites is 2. The molecule has 0 aliphatic rings. The molecule has 4 heteroatoms. The van der Waals surface area contributed by atoms with E-state index < -0.39 is 0 Å². The van der Waals surface area contributed by atoms with Crippen molar-refractivity contribution in [2.75, 3.05) is 0 Å². The third kappa shape index (κ3) is 1.94. The van der Waals surface area contributed by atoms with Crippen LogP contribution in [0.2, 0.25) is 0 Å². The van der Waals surface area contributed by atoms with Gasteiger partial charge in [-0.25, -0.2) is 4.98 Å². The lowest BCUT2D eigenvalue weighted by molar-refractivity contribution is 0.987. The molecule has 13 heavy (non-hydrogen) atoms. The van der Waals surface area contributed by atoms with Crippen LogP contribution in [0.25, 0.3) is 11.0 Å². The molecule has 0 unspecified atom stereocenters. The SMILES string of the molecule is Cl.NCc1cnc2ccccc2n1. The summed E-state index contributed by atoms with van der Waals surface area (Å²) in [6, 6.07) is 7.75. The molecule has 0 aliphatic heterocycles. The number of halogens is 1. The van der Waals surface area contributed by atoms with Gasteiger partial charge in [0.15, 0.2) is 0 Å². The number of benzene rings is 1. The standard InChI is InChI=1S/C9H9N3.ClH/c10-5-7-6-11-8-3-1-2-4-9(8)12-7;/h1-4,6H,5,10H2;1H. The summed E-state index contributed by atoms with van der Waals surface area (Å²) < 4.78 is 0. The summed E-state index contributed by atoms with van der Waals surface area (Å²) in [5.74, 6) is 0. The maximum Gasteiger partial charge on any atom is 0.0890 e. The first kappa shape index (κ1) is 9.89. The van der Waals surface area contributed by atoms with Crippen LogP contribution in [0.3, 0.4) is 0 Å². The minimum atomic E-state index is 0. The van der Waals surface area contributed by atoms with Crippen LogP contribution >= 0.6 is 12.4 Å². The topological polar surface area (TPSA) is 51.8 Å². The molecule has 0 bridgehead atoms. The Morgan fingerprint density at radius 2 is 1.85 bits per heavy atom. The van der Waals surface area contributed by atoms with Gasteiger partial charge in [-0.15, -0.1) is 12.4 Å². The first-order valence-electron chi connectivity index (χ1n) is 3.81. The number of aromatic nitrogens is 2. The van der Waals surface area contributed by atoms with Crippen LogP contribution in [0.1, 0.15) is 5.69 Å². The van der Waals surface area contributed by atoms with Gasteiger partial charge in [-0.05, 0) is 12.1 Å². The zero-order valence-electron chi connectivity index (χ0n) is 6.97. The Morgan fingerprint density at radius 3 is 2.54 bits per heavy atom. The van der Waals surface area contributed by atoms with Crippen LogP contribution in [0, 0.1) is 0 Å². The van der Waals surface area contributed by atoms with Crippen molar-refractivity contribution in [3.63, 3.8) is 0 Å². The Morgan fingerprint density at radius 1 is 1.15 bits per heavy atom. The molecular formula is C9H10ClN3. The predicted molar refractivity (Wildman–Crippen MR) is 54.7 cm³/mol. The van der Waals surface area contributed by atoms with Crippen molar-refractivity contribution in [3.8, 4) is 0 Å². The summed E-state index contributed by atoms with van der Waals surface area (Å²) in [6.45, 7) is 0.442. The van der Waals surface area contributed by atoms with Crippen LogP contribution in [0.15, 0.2) is 30.5 Å². The van der Waals surface area contributed by atoms with E-state index in [4.69, 9.17) is 5.73 Å². The fraction of sp³-hybridized carbons (Fsp3) is 0.111. The molecule has 2 rings (SSSR count). The highest BCUT2D eigenvalue weighted by Crippen LogP contribution is 2.07. The molecule has 0 saturated heterocycles. The second kappa shape index (κ2) is 4.16. The number of hydrogen-bond donors (Lipinski definition) is 1. The van der Waals surface area contributed by atoms with Crippen LogP contribution in [-0.4, -0.2) is 9.97 Å². The minimum Gasteiger partial charge on any atom is -0.325 e. The smallest absolute Gasteiger partial charge is 0.0890 e. The first-order chi connectivity index (χ1) is 5.90. The lowest BCUT2D eigenvalue weighted by Crippen LogP contribution is -2.00. The molecule has 68 valence electrons. The predicted octanol–water partition coefficient (Wildman–Crippen LogP) is 1.51. The number of nitrogens with zero attached hydrogens (tertiary/aromatic N) is 2. The van der Waals surface area contributed by atoms with Gasteiger partial charge in [0.1, 0.15) is 0 Å². The van der Waals surface area contributed by atoms with Crippen molar-refractivity contribution in [2.24, 2.45) is 5.73 Å². The molecule has 0 fully saturated rings. The summed E-state index contributed by atoms with van der Waals surface area (Å²) in [7, 11) is 0. The summed E-state index contributed by atoms with van der Waals surface area (Å²) in [6.07, 6.45) is 1.71. The van der Waals surface area contributed by atoms with Gasteiger partial charge in [0.05, 0.1) is 22.9 Å². The third-order valence-corrected chi connectivity index (χ3v) is 1.71. The highest BCUT2D eigenvalue weighted by atomic mass is 35.5. The van der Waals surface area contributed by atoms with Crippen molar-refractivity contribution in [1.82, 2.24) is 9.97 Å². The van der Waals surface area contributed by atoms with E-state index in [9.17, 15) is 0 Å². The average Bonchev–Trinajstić information content (AvgIpc) is 2.17. The zero-order chi connectivity index (χ0) is 8.39. The molecular weight excluding hydrogens is 186 g/mol. The van der Waals surface area contributed by atoms with E-state index in [1.54, 1.807) is 6.20 Å². The van der Waals surface area contributed by atoms with Gasteiger partial charge in [-0.2, -0.15) is 0 Å². The Labute approximate surface area is 82.4 Å². The lowest BCUT2D eigenvalue weighted by Gasteiger charge is -1.97. The number of rotatable bonds is 1. The molecule has 1 heterocycles. The zero-order valence-corrected chi connectivity index (χ0v) is 7.79. The summed E-state index contributed by atoms with van der Waals surface area (Å²) >= 11 is 0. The van der Waals surface area contributed by atoms with Gasteiger partial charge in [-0.1, -0.05) is 12.1 Å². The highest BCUT2D eigenvalue weighted by Gasteiger charge is 1.95. The van der Waals surface area contributed by atoms with Gasteiger partial charge < -0.3 is 5.73 Å². The largest absolute Gasteiger partial charge is 0.325 e. The van der Waals surface area contributed by atoms with Crippen molar-refractivity contribution < 1.29 is 0 Å². The molecule has 2 N–H and O–H groups in total. The Hall–Kier alpha value is -1.19. The molecule has 2 aromatic rings. The van der Waals surface area contributed by atoms with E-state index in [1.165, 1.54) is 0 Å². The summed E-state index contributed by atoms with van der Waals surface area (Å²) in [5.41, 5.74) is 8.08. The van der Waals surface area contributed by atoms with Crippen molar-refractivity contribution in [1.29, 1.82) is 0 Å². The van der Waals surface area contributed by atoms with Gasteiger partial charge >= 0.3 is 0 Å². The summed E-state index contributed by atoms with van der Waals surface area (Å²) in [4.78, 5) is 8.52. The van der Waals surface area contributed by atoms with Gasteiger partial charge in [0.25, 0.3) is 0 Å². The van der Waals surface area contributed by atoms with Crippen LogP contribution < -0.4 is 5.73 Å². The third-order valence-electron chi connectivity index (χ3n) is 1.71. The number of hydrogen-bond acceptors (Lipinski definition) is 3. The van der Waals surface area contributed by atoms with Gasteiger partial charge in [0.2, 0.25) is 0 Å². The second-order valence-electron chi connectivity index (χ2n) is 2.55. The molecule has 0 spiro atoms. The summed E-state index contributed by atoms with van der Waals surface area (Å²) in [5, 5.41) is 0. The van der Waals surface area contributed by atoms with E-state index in [0.29, 0.717) is 6.54 Å². The second-order valence-corrected chi connectivity index (χ2v) is 2.55. The van der Waals surface area contributed by atoms with E-state index >= 15 is 0 Å². The van der Waals surface area contributed by atoms with Gasteiger partial charge in [0, 0.05) is 6.54 Å². The normalized spacial score (nSPS) is 9.62. The first-order valence-corrected chi connectivity index (χ1v) is 3.81. The minimum absolute atomic E-state index is 0. The fourth-order valence-corrected chi connectivity index (χ4v) is 1.09. The van der Waals surface area contributed by atoms with Crippen LogP contribution in [0.4, 0.5) is 0 Å². The van der Waals surface area contributed by atoms with E-state index in [1.807, 2.05) is 24.3 Å². The molecule has 3 nitrogen and oxygen atoms in total. The highest BCUT2D eigenvalue weighted by molar-refractivity contribution is 5.85. The maximum absolute atomic E-state index is 5.44. The molecule has 0 aliphatic carbocycles. The molecule has 0 radical (unpaired) electrons. The van der Waals surface area contributed by atoms with E-state index in [-0.39, 0.29) is 12.4 Å². The molecule has 1 aromatic carbocycles. The van der Waals surface area contributed by atoms with E-state index in [0.717, 1.165) is 16.7 Å². The Balaban J connectivity index is 0.000000845. The van der Waals surface area contributed by atoms with Crippen LogP contribution in [-0.2, 0) is 6.54 Å². The molecule has 0 amide bonds. The van der Waals surface area contributed by atoms with Crippen molar-refractivity contribution in [2.45, 2.75) is 6.54 Å². The molecule has 0 atom stereocenters. The van der Waals surface area contributed by atoms with Crippen LogP contribution in [0.5, 0.6) is 0 Å². The van der Waals surface area contributed by atoms with Crippen molar-refractivity contribution >= 4 is 23.4 Å². The number of fused-ring (bicyclic) bond motifs is 1. The molecule has 1 aromatic heterocycles. The quantitative estimate of drug-likeness (QED) is 0.751. The van der Waals surface area contributed by atoms with Gasteiger partial charge in [-0.3, -0.25) is 4.98 Å². The van der Waals surface area contributed by atoms with E-state index in [2.05, 4.69) is 9.97 Å². The number of nitrogens with two attached hydrogens (primary N) is 1. The lowest BCUT2D eigenvalue weighted by atomic mass is 10.3. The Kier molecular flexibility index (Phi) is 3.17.